The molecule has 1 heterocycles. The maximum atomic E-state index is 12.4. The molecule has 3 aliphatic carbocycles. The fourth-order valence-electron chi connectivity index (χ4n) is 8.00. The number of cyclic esters (lactones) is 1. The van der Waals surface area contributed by atoms with Gasteiger partial charge < -0.3 is 16.2 Å². The van der Waals surface area contributed by atoms with Gasteiger partial charge in [0.05, 0.1) is 5.57 Å². The number of esters is 1. The van der Waals surface area contributed by atoms with Crippen LogP contribution in [0.25, 0.3) is 0 Å². The predicted octanol–water partition coefficient (Wildman–Crippen LogP) is 4.36. The number of nitroso groups, excluding NO2 is 2. The zero-order chi connectivity index (χ0) is 24.3. The third kappa shape index (κ3) is 3.07. The third-order valence-corrected chi connectivity index (χ3v) is 10.2. The first-order chi connectivity index (χ1) is 16.2. The van der Waals surface area contributed by atoms with E-state index in [0.29, 0.717) is 29.5 Å². The molecule has 4 N–H and O–H groups in total. The van der Waals surface area contributed by atoms with Gasteiger partial charge in [-0.25, -0.2) is 4.79 Å². The van der Waals surface area contributed by atoms with E-state index in [0.717, 1.165) is 38.5 Å². The highest BCUT2D eigenvalue weighted by Crippen LogP contribution is 2.66. The van der Waals surface area contributed by atoms with E-state index >= 15 is 0 Å². The molecular formula is C26H34N4O4. The summed E-state index contributed by atoms with van der Waals surface area (Å²) < 4.78 is 5.76. The van der Waals surface area contributed by atoms with E-state index in [1.165, 1.54) is 11.1 Å². The lowest BCUT2D eigenvalue weighted by molar-refractivity contribution is -0.152. The fraction of sp³-hybridized carbons (Fsp3) is 0.654. The van der Waals surface area contributed by atoms with Gasteiger partial charge in [0.2, 0.25) is 0 Å². The van der Waals surface area contributed by atoms with E-state index in [2.05, 4.69) is 30.3 Å². The van der Waals surface area contributed by atoms with Crippen LogP contribution in [0.4, 0.5) is 5.69 Å². The van der Waals surface area contributed by atoms with Gasteiger partial charge in [-0.3, -0.25) is 0 Å². The van der Waals surface area contributed by atoms with Crippen molar-refractivity contribution in [2.24, 2.45) is 39.1 Å². The normalized spacial score (nSPS) is 39.7. The summed E-state index contributed by atoms with van der Waals surface area (Å²) in [5.41, 5.74) is 16.7. The molecule has 1 unspecified atom stereocenters. The minimum absolute atomic E-state index is 0.0810. The van der Waals surface area contributed by atoms with Crippen molar-refractivity contribution < 1.29 is 9.53 Å². The standard InChI is InChI=1S/C26H34N4O4/c1-15(22-8-4-17(14-29-32)23(31)34-22)25(27)11-12-26(28)21-7-3-16-13-18(30-33)5-6-19(16)20(21)9-10-24(25,26)2/h4-6,13,15,20-22H,3,7-12,14,27-28H2,1-2H3/t15-,20?,21-,22-,24-,25+,26-/m1/s1. The van der Waals surface area contributed by atoms with Crippen LogP contribution in [-0.4, -0.2) is 29.7 Å². The van der Waals surface area contributed by atoms with E-state index in [4.69, 9.17) is 16.2 Å². The lowest BCUT2D eigenvalue weighted by Gasteiger charge is -2.61. The highest BCUT2D eigenvalue weighted by molar-refractivity contribution is 5.89. The molecule has 4 aliphatic rings. The van der Waals surface area contributed by atoms with Crippen LogP contribution in [0.2, 0.25) is 0 Å². The smallest absolute Gasteiger partial charge is 0.336 e. The number of aryl methyl sites for hydroxylation is 1. The molecule has 5 rings (SSSR count). The number of benzene rings is 1. The zero-order valence-electron chi connectivity index (χ0n) is 20.0. The number of hydrogen-bond donors (Lipinski definition) is 2. The maximum Gasteiger partial charge on any atom is 0.336 e. The molecule has 0 saturated heterocycles. The molecule has 0 radical (unpaired) electrons. The number of carbonyl (C=O) groups is 1. The second-order valence-electron chi connectivity index (χ2n) is 11.2. The number of ether oxygens (including phenoxy) is 1. The number of fused-ring (bicyclic) bond motifs is 5. The van der Waals surface area contributed by atoms with Crippen molar-refractivity contribution in [3.05, 3.63) is 50.8 Å². The Morgan fingerprint density at radius 2 is 1.97 bits per heavy atom. The van der Waals surface area contributed by atoms with Crippen LogP contribution in [0.5, 0.6) is 0 Å². The highest BCUT2D eigenvalue weighted by atomic mass is 16.5. The number of nitrogens with two attached hydrogens (primary N) is 2. The Labute approximate surface area is 199 Å². The molecule has 8 heteroatoms. The Bertz CT molecular complexity index is 1070. The van der Waals surface area contributed by atoms with Crippen LogP contribution < -0.4 is 11.5 Å². The van der Waals surface area contributed by atoms with Gasteiger partial charge in [-0.15, -0.1) is 4.91 Å². The van der Waals surface area contributed by atoms with Crippen LogP contribution >= 0.6 is 0 Å². The number of hydrogen-bond acceptors (Lipinski definition) is 8. The first-order valence-corrected chi connectivity index (χ1v) is 12.4. The van der Waals surface area contributed by atoms with Crippen LogP contribution in [0.3, 0.4) is 0 Å². The minimum Gasteiger partial charge on any atom is -0.458 e. The van der Waals surface area contributed by atoms with Gasteiger partial charge in [0.15, 0.2) is 0 Å². The summed E-state index contributed by atoms with van der Waals surface area (Å²) >= 11 is 0. The third-order valence-electron chi connectivity index (χ3n) is 10.2. The highest BCUT2D eigenvalue weighted by Gasteiger charge is 2.69. The minimum atomic E-state index is -0.572. The summed E-state index contributed by atoms with van der Waals surface area (Å²) in [6.07, 6.45) is 7.35. The van der Waals surface area contributed by atoms with Crippen molar-refractivity contribution >= 4 is 11.7 Å². The first-order valence-electron chi connectivity index (χ1n) is 12.4. The first kappa shape index (κ1) is 23.3. The van der Waals surface area contributed by atoms with E-state index in [1.54, 1.807) is 6.08 Å². The van der Waals surface area contributed by atoms with Gasteiger partial charge in [-0.1, -0.05) is 31.2 Å². The molecule has 34 heavy (non-hydrogen) atoms. The van der Waals surface area contributed by atoms with E-state index in [9.17, 15) is 14.6 Å². The van der Waals surface area contributed by atoms with Crippen molar-refractivity contribution in [2.45, 2.75) is 81.9 Å². The van der Waals surface area contributed by atoms with Gasteiger partial charge in [0.25, 0.3) is 0 Å². The molecule has 8 nitrogen and oxygen atoms in total. The van der Waals surface area contributed by atoms with Crippen molar-refractivity contribution in [1.29, 1.82) is 0 Å². The average molecular weight is 467 g/mol. The van der Waals surface area contributed by atoms with Gasteiger partial charge in [-0.2, -0.15) is 4.91 Å². The quantitative estimate of drug-likeness (QED) is 0.488. The Hall–Kier alpha value is -2.45. The zero-order valence-corrected chi connectivity index (χ0v) is 20.0. The van der Waals surface area contributed by atoms with Gasteiger partial charge in [-0.05, 0) is 78.8 Å². The lowest BCUT2D eigenvalue weighted by atomic mass is 9.47. The Morgan fingerprint density at radius 1 is 1.18 bits per heavy atom. The molecule has 182 valence electrons. The van der Waals surface area contributed by atoms with Gasteiger partial charge >= 0.3 is 5.97 Å². The van der Waals surface area contributed by atoms with Gasteiger partial charge in [0.1, 0.15) is 18.3 Å². The van der Waals surface area contributed by atoms with Crippen LogP contribution in [-0.2, 0) is 16.0 Å². The van der Waals surface area contributed by atoms with Gasteiger partial charge in [0, 0.05) is 28.8 Å². The molecule has 7 atom stereocenters. The summed E-state index contributed by atoms with van der Waals surface area (Å²) in [5, 5.41) is 5.94. The molecule has 0 bridgehead atoms. The lowest BCUT2D eigenvalue weighted by Crippen LogP contribution is -2.70. The predicted molar refractivity (Wildman–Crippen MR) is 129 cm³/mol. The molecule has 1 aromatic rings. The van der Waals surface area contributed by atoms with Crippen LogP contribution in [0.1, 0.15) is 69.4 Å². The molecule has 0 amide bonds. The van der Waals surface area contributed by atoms with Crippen LogP contribution in [0, 0.1) is 27.1 Å². The van der Waals surface area contributed by atoms with Crippen molar-refractivity contribution in [3.8, 4) is 0 Å². The van der Waals surface area contributed by atoms with E-state index < -0.39 is 17.0 Å². The monoisotopic (exact) mass is 466 g/mol. The van der Waals surface area contributed by atoms with Crippen molar-refractivity contribution in [2.75, 3.05) is 6.54 Å². The Morgan fingerprint density at radius 3 is 2.68 bits per heavy atom. The number of nitrogens with zero attached hydrogens (tertiary/aromatic N) is 2. The van der Waals surface area contributed by atoms with Crippen LogP contribution in [0.15, 0.2) is 40.2 Å². The van der Waals surface area contributed by atoms with E-state index in [-0.39, 0.29) is 24.0 Å². The molecule has 2 fully saturated rings. The maximum absolute atomic E-state index is 12.4. The molecule has 0 aromatic heterocycles. The number of rotatable bonds is 5. The number of carbonyl (C=O) groups excluding carboxylic acids is 1. The summed E-state index contributed by atoms with van der Waals surface area (Å²) in [6.45, 7) is 4.18. The van der Waals surface area contributed by atoms with E-state index in [1.807, 2.05) is 12.1 Å². The second-order valence-corrected chi connectivity index (χ2v) is 11.2. The summed E-state index contributed by atoms with van der Waals surface area (Å²) in [5.74, 6) is 0.118. The van der Waals surface area contributed by atoms with Crippen molar-refractivity contribution in [3.63, 3.8) is 0 Å². The molecule has 1 aromatic carbocycles. The molecule has 0 spiro atoms. The average Bonchev–Trinajstić information content (AvgIpc) is 3.06. The topological polar surface area (TPSA) is 137 Å². The summed E-state index contributed by atoms with van der Waals surface area (Å²) in [7, 11) is 0. The Balaban J connectivity index is 1.43. The fourth-order valence-corrected chi connectivity index (χ4v) is 8.00. The Kier molecular flexibility index (Phi) is 5.52. The molecular weight excluding hydrogens is 432 g/mol. The van der Waals surface area contributed by atoms with Crippen molar-refractivity contribution in [1.82, 2.24) is 0 Å². The second kappa shape index (κ2) is 8.05. The summed E-state index contributed by atoms with van der Waals surface area (Å²) in [4.78, 5) is 34.0. The largest absolute Gasteiger partial charge is 0.458 e. The molecule has 2 saturated carbocycles. The SMILES string of the molecule is C[C@H]([C@H]1CC=C(CN=O)C(=O)O1)[C@@]1(N)CC[C@@]2(N)[C@@H]3CCc4cc(N=O)ccc4C3CC[C@@]21C. The summed E-state index contributed by atoms with van der Waals surface area (Å²) in [6, 6.07) is 5.81. The molecule has 1 aliphatic heterocycles.